The first-order chi connectivity index (χ1) is 5.33. The van der Waals surface area contributed by atoms with Gasteiger partial charge in [0.1, 0.15) is 5.75 Å². The maximum atomic E-state index is 9.87. The van der Waals surface area contributed by atoms with Crippen LogP contribution in [0.25, 0.3) is 0 Å². The van der Waals surface area contributed by atoms with Crippen molar-refractivity contribution in [1.82, 2.24) is 0 Å². The fourth-order valence-electron chi connectivity index (χ4n) is 0.858. The molecule has 1 radical (unpaired) electrons. The Morgan fingerprint density at radius 1 is 1.27 bits per heavy atom. The fourth-order valence-corrected chi connectivity index (χ4v) is 0.858. The molecule has 0 aliphatic rings. The van der Waals surface area contributed by atoms with Crippen molar-refractivity contribution in [2.75, 3.05) is 0 Å². The molecule has 0 bridgehead atoms. The van der Waals surface area contributed by atoms with Crippen LogP contribution in [0.1, 0.15) is 12.0 Å². The molecule has 0 heterocycles. The lowest BCUT2D eigenvalue weighted by molar-refractivity contribution is 0.475. The van der Waals surface area contributed by atoms with E-state index in [1.54, 1.807) is 24.3 Å². The van der Waals surface area contributed by atoms with Gasteiger partial charge >= 0.3 is 0 Å². The second-order valence-corrected chi connectivity index (χ2v) is 2.31. The van der Waals surface area contributed by atoms with E-state index in [4.69, 9.17) is 5.11 Å². The quantitative estimate of drug-likeness (QED) is 0.706. The Labute approximate surface area is 65.5 Å². The van der Waals surface area contributed by atoms with Gasteiger partial charge in [-0.3, -0.25) is 4.79 Å². The maximum absolute atomic E-state index is 9.87. The first kappa shape index (κ1) is 7.79. The third-order valence-corrected chi connectivity index (χ3v) is 1.45. The van der Waals surface area contributed by atoms with E-state index in [1.807, 2.05) is 6.29 Å². The monoisotopic (exact) mass is 149 g/mol. The average Bonchev–Trinajstić information content (AvgIpc) is 2.04. The van der Waals surface area contributed by atoms with Gasteiger partial charge in [0, 0.05) is 6.42 Å². The summed E-state index contributed by atoms with van der Waals surface area (Å²) in [5, 5.41) is 8.90. The van der Waals surface area contributed by atoms with Crippen LogP contribution in [0.15, 0.2) is 24.3 Å². The lowest BCUT2D eigenvalue weighted by atomic mass is 10.1. The molecule has 1 aromatic rings. The van der Waals surface area contributed by atoms with Crippen LogP contribution in [-0.4, -0.2) is 11.4 Å². The molecule has 0 fully saturated rings. The largest absolute Gasteiger partial charge is 0.508 e. The molecule has 2 heteroatoms. The summed E-state index contributed by atoms with van der Waals surface area (Å²) in [6.45, 7) is 0. The number of carbonyl (C=O) groups excluding carboxylic acids is 1. The van der Waals surface area contributed by atoms with Crippen LogP contribution in [0.5, 0.6) is 5.75 Å². The molecular formula is C9H9O2. The molecule has 0 aromatic heterocycles. The van der Waals surface area contributed by atoms with Crippen LogP contribution in [-0.2, 0) is 11.2 Å². The number of aryl methyl sites for hydroxylation is 1. The minimum Gasteiger partial charge on any atom is -0.508 e. The summed E-state index contributed by atoms with van der Waals surface area (Å²) in [7, 11) is 0. The summed E-state index contributed by atoms with van der Waals surface area (Å²) in [5.41, 5.74) is 1.05. The lowest BCUT2D eigenvalue weighted by Gasteiger charge is -1.95. The van der Waals surface area contributed by atoms with Crippen molar-refractivity contribution >= 4 is 6.29 Å². The first-order valence-corrected chi connectivity index (χ1v) is 3.46. The summed E-state index contributed by atoms with van der Waals surface area (Å²) in [5.74, 6) is 0.254. The zero-order valence-corrected chi connectivity index (χ0v) is 6.08. The third kappa shape index (κ3) is 2.42. The van der Waals surface area contributed by atoms with Crippen LogP contribution in [0, 0.1) is 0 Å². The lowest BCUT2D eigenvalue weighted by Crippen LogP contribution is -1.84. The van der Waals surface area contributed by atoms with Gasteiger partial charge in [0.2, 0.25) is 0 Å². The Balaban J connectivity index is 2.58. The van der Waals surface area contributed by atoms with Crippen molar-refractivity contribution in [3.63, 3.8) is 0 Å². The second kappa shape index (κ2) is 3.76. The second-order valence-electron chi connectivity index (χ2n) is 2.31. The minimum atomic E-state index is 0.254. The van der Waals surface area contributed by atoms with Crippen LogP contribution in [0.2, 0.25) is 0 Å². The van der Waals surface area contributed by atoms with E-state index in [0.29, 0.717) is 12.8 Å². The van der Waals surface area contributed by atoms with E-state index < -0.39 is 0 Å². The Morgan fingerprint density at radius 3 is 2.45 bits per heavy atom. The molecule has 1 rings (SSSR count). The van der Waals surface area contributed by atoms with Crippen molar-refractivity contribution < 1.29 is 9.90 Å². The molecule has 0 unspecified atom stereocenters. The maximum Gasteiger partial charge on any atom is 0.198 e. The van der Waals surface area contributed by atoms with E-state index in [9.17, 15) is 4.79 Å². The number of phenols is 1. The molecular weight excluding hydrogens is 140 g/mol. The van der Waals surface area contributed by atoms with Gasteiger partial charge in [-0.15, -0.1) is 0 Å². The summed E-state index contributed by atoms with van der Waals surface area (Å²) in [6.07, 6.45) is 2.94. The van der Waals surface area contributed by atoms with Crippen molar-refractivity contribution in [2.24, 2.45) is 0 Å². The fraction of sp³-hybridized carbons (Fsp3) is 0.222. The predicted octanol–water partition coefficient (Wildman–Crippen LogP) is 1.43. The van der Waals surface area contributed by atoms with Crippen LogP contribution in [0.3, 0.4) is 0 Å². The SMILES string of the molecule is O=[C]CCc1ccc(O)cc1. The van der Waals surface area contributed by atoms with Gasteiger partial charge in [-0.1, -0.05) is 12.1 Å². The highest BCUT2D eigenvalue weighted by molar-refractivity contribution is 5.51. The number of benzene rings is 1. The summed E-state index contributed by atoms with van der Waals surface area (Å²) in [6, 6.07) is 6.82. The Morgan fingerprint density at radius 2 is 1.91 bits per heavy atom. The van der Waals surface area contributed by atoms with Crippen molar-refractivity contribution in [3.05, 3.63) is 29.8 Å². The van der Waals surface area contributed by atoms with E-state index in [1.165, 1.54) is 0 Å². The molecule has 0 spiro atoms. The molecule has 0 atom stereocenters. The Bertz CT molecular complexity index is 226. The molecule has 57 valence electrons. The van der Waals surface area contributed by atoms with E-state index in [2.05, 4.69) is 0 Å². The highest BCUT2D eigenvalue weighted by atomic mass is 16.3. The smallest absolute Gasteiger partial charge is 0.198 e. The standard InChI is InChI=1S/C9H9O2/c10-7-1-2-8-3-5-9(11)6-4-8/h3-6,11H,1-2H2. The van der Waals surface area contributed by atoms with Crippen molar-refractivity contribution in [1.29, 1.82) is 0 Å². The van der Waals surface area contributed by atoms with Crippen molar-refractivity contribution in [3.8, 4) is 5.75 Å². The Kier molecular flexibility index (Phi) is 2.66. The number of aromatic hydroxyl groups is 1. The molecule has 0 aliphatic heterocycles. The van der Waals surface area contributed by atoms with Crippen LogP contribution >= 0.6 is 0 Å². The summed E-state index contributed by atoms with van der Waals surface area (Å²) < 4.78 is 0. The molecule has 0 aliphatic carbocycles. The topological polar surface area (TPSA) is 37.3 Å². The average molecular weight is 149 g/mol. The van der Waals surface area contributed by atoms with Gasteiger partial charge in [-0.05, 0) is 24.1 Å². The number of rotatable bonds is 3. The van der Waals surface area contributed by atoms with E-state index in [-0.39, 0.29) is 5.75 Å². The molecule has 0 saturated carbocycles. The van der Waals surface area contributed by atoms with Gasteiger partial charge < -0.3 is 5.11 Å². The predicted molar refractivity (Wildman–Crippen MR) is 42.1 cm³/mol. The normalized spacial score (nSPS) is 9.45. The summed E-state index contributed by atoms with van der Waals surface area (Å²) >= 11 is 0. The first-order valence-electron chi connectivity index (χ1n) is 3.46. The molecule has 11 heavy (non-hydrogen) atoms. The van der Waals surface area contributed by atoms with E-state index >= 15 is 0 Å². The van der Waals surface area contributed by atoms with Gasteiger partial charge in [0.05, 0.1) is 0 Å². The van der Waals surface area contributed by atoms with Gasteiger partial charge in [-0.2, -0.15) is 0 Å². The molecule has 0 saturated heterocycles. The number of phenolic OH excluding ortho intramolecular Hbond substituents is 1. The third-order valence-electron chi connectivity index (χ3n) is 1.45. The summed E-state index contributed by atoms with van der Waals surface area (Å²) in [4.78, 5) is 9.87. The minimum absolute atomic E-state index is 0.254. The molecule has 2 nitrogen and oxygen atoms in total. The van der Waals surface area contributed by atoms with Crippen LogP contribution in [0.4, 0.5) is 0 Å². The Hall–Kier alpha value is -1.31. The molecule has 1 aromatic carbocycles. The van der Waals surface area contributed by atoms with Gasteiger partial charge in [0.25, 0.3) is 0 Å². The van der Waals surface area contributed by atoms with Crippen LogP contribution < -0.4 is 0 Å². The highest BCUT2D eigenvalue weighted by Gasteiger charge is 1.91. The van der Waals surface area contributed by atoms with Gasteiger partial charge in [-0.25, -0.2) is 0 Å². The molecule has 1 N–H and O–H groups in total. The van der Waals surface area contributed by atoms with Crippen molar-refractivity contribution in [2.45, 2.75) is 12.8 Å². The highest BCUT2D eigenvalue weighted by Crippen LogP contribution is 2.10. The number of hydrogen-bond acceptors (Lipinski definition) is 2. The zero-order chi connectivity index (χ0) is 8.10. The van der Waals surface area contributed by atoms with Gasteiger partial charge in [0.15, 0.2) is 6.29 Å². The zero-order valence-electron chi connectivity index (χ0n) is 6.08. The molecule has 0 amide bonds. The van der Waals surface area contributed by atoms with E-state index in [0.717, 1.165) is 5.56 Å². The number of hydrogen-bond donors (Lipinski definition) is 1.